The van der Waals surface area contributed by atoms with Gasteiger partial charge < -0.3 is 10.1 Å². The molecular weight excluding hydrogens is 372 g/mol. The molecule has 1 aliphatic rings. The summed E-state index contributed by atoms with van der Waals surface area (Å²) in [6, 6.07) is 10.7. The van der Waals surface area contributed by atoms with Gasteiger partial charge in [-0.2, -0.15) is 0 Å². The van der Waals surface area contributed by atoms with Crippen LogP contribution in [0.2, 0.25) is 0 Å². The molecule has 2 heterocycles. The number of hydrogen-bond donors (Lipinski definition) is 1. The van der Waals surface area contributed by atoms with Crippen molar-refractivity contribution in [1.29, 1.82) is 0 Å². The number of anilines is 2. The van der Waals surface area contributed by atoms with Gasteiger partial charge in [0.05, 0.1) is 18.4 Å². The van der Waals surface area contributed by atoms with E-state index in [9.17, 15) is 13.2 Å². The summed E-state index contributed by atoms with van der Waals surface area (Å²) in [7, 11) is -3.40. The summed E-state index contributed by atoms with van der Waals surface area (Å²) in [6.07, 6.45) is 2.90. The van der Waals surface area contributed by atoms with Crippen LogP contribution in [0, 0.1) is 0 Å². The normalized spacial score (nSPS) is 15.6. The summed E-state index contributed by atoms with van der Waals surface area (Å²) < 4.78 is 31.4. The third kappa shape index (κ3) is 4.84. The predicted molar refractivity (Wildman–Crippen MR) is 104 cm³/mol. The zero-order chi connectivity index (χ0) is 18.6. The van der Waals surface area contributed by atoms with E-state index in [1.165, 1.54) is 10.6 Å². The maximum absolute atomic E-state index is 12.3. The lowest BCUT2D eigenvalue weighted by molar-refractivity contribution is -0.115. The van der Waals surface area contributed by atoms with E-state index in [0.717, 1.165) is 4.88 Å². The number of carbonyl (C=O) groups is 1. The number of thiophene rings is 1. The van der Waals surface area contributed by atoms with Crippen molar-refractivity contribution in [3.63, 3.8) is 0 Å². The molecule has 1 amide bonds. The fraction of sp³-hybridized carbons (Fsp3) is 0.389. The van der Waals surface area contributed by atoms with Crippen molar-refractivity contribution < 1.29 is 17.9 Å². The van der Waals surface area contributed by atoms with Crippen LogP contribution in [0.25, 0.3) is 0 Å². The average molecular weight is 395 g/mol. The van der Waals surface area contributed by atoms with Crippen LogP contribution >= 0.6 is 11.3 Å². The van der Waals surface area contributed by atoms with Gasteiger partial charge in [-0.15, -0.1) is 11.3 Å². The minimum absolute atomic E-state index is 0.0930. The van der Waals surface area contributed by atoms with E-state index < -0.39 is 10.0 Å². The second-order valence-corrected chi connectivity index (χ2v) is 9.15. The van der Waals surface area contributed by atoms with Crippen molar-refractivity contribution in [2.45, 2.75) is 25.3 Å². The topological polar surface area (TPSA) is 75.7 Å². The molecule has 0 spiro atoms. The van der Waals surface area contributed by atoms with Gasteiger partial charge in [0.15, 0.2) is 0 Å². The van der Waals surface area contributed by atoms with Crippen LogP contribution in [0.5, 0.6) is 0 Å². The number of hydrogen-bond acceptors (Lipinski definition) is 5. The minimum atomic E-state index is -3.40. The third-order valence-electron chi connectivity index (χ3n) is 4.20. The first-order valence-electron chi connectivity index (χ1n) is 8.43. The molecule has 1 aromatic carbocycles. The zero-order valence-corrected chi connectivity index (χ0v) is 16.2. The first-order chi connectivity index (χ1) is 12.4. The number of carbonyl (C=O) groups excluding carboxylic acids is 1. The van der Waals surface area contributed by atoms with E-state index in [1.807, 2.05) is 17.5 Å². The van der Waals surface area contributed by atoms with Gasteiger partial charge in [-0.25, -0.2) is 8.42 Å². The van der Waals surface area contributed by atoms with Gasteiger partial charge in [-0.1, -0.05) is 6.07 Å². The van der Waals surface area contributed by atoms with Gasteiger partial charge in [-0.05, 0) is 48.6 Å². The fourth-order valence-corrected chi connectivity index (χ4v) is 5.02. The second kappa shape index (κ2) is 8.20. The van der Waals surface area contributed by atoms with E-state index in [4.69, 9.17) is 4.74 Å². The Kier molecular flexibility index (Phi) is 5.95. The molecule has 1 aromatic heterocycles. The molecule has 8 heteroatoms. The minimum Gasteiger partial charge on any atom is -0.381 e. The summed E-state index contributed by atoms with van der Waals surface area (Å²) in [4.78, 5) is 13.1. The molecule has 0 radical (unpaired) electrons. The Morgan fingerprint density at radius 3 is 2.50 bits per heavy atom. The van der Waals surface area contributed by atoms with Crippen molar-refractivity contribution in [3.05, 3.63) is 46.7 Å². The molecule has 1 N–H and O–H groups in total. The van der Waals surface area contributed by atoms with E-state index in [2.05, 4.69) is 5.32 Å². The van der Waals surface area contributed by atoms with E-state index in [1.54, 1.807) is 35.6 Å². The molecule has 0 atom stereocenters. The second-order valence-electron chi connectivity index (χ2n) is 6.25. The standard InChI is InChI=1S/C18H22N2O4S2/c1-26(22,23)20(16-8-10-24-11-9-16)15-6-4-14(5-7-15)19-18(21)13-17-3-2-12-25-17/h2-7,12,16H,8-11,13H2,1H3,(H,19,21). The van der Waals surface area contributed by atoms with Crippen LogP contribution in [0.4, 0.5) is 11.4 Å². The molecule has 26 heavy (non-hydrogen) atoms. The average Bonchev–Trinajstić information content (AvgIpc) is 3.09. The Morgan fingerprint density at radius 2 is 1.92 bits per heavy atom. The van der Waals surface area contributed by atoms with E-state index in [0.29, 0.717) is 43.9 Å². The summed E-state index contributed by atoms with van der Waals surface area (Å²) in [6.45, 7) is 1.13. The van der Waals surface area contributed by atoms with Crippen molar-refractivity contribution >= 4 is 38.6 Å². The van der Waals surface area contributed by atoms with Gasteiger partial charge in [-0.3, -0.25) is 9.10 Å². The van der Waals surface area contributed by atoms with Crippen LogP contribution < -0.4 is 9.62 Å². The highest BCUT2D eigenvalue weighted by atomic mass is 32.2. The van der Waals surface area contributed by atoms with E-state index in [-0.39, 0.29) is 11.9 Å². The van der Waals surface area contributed by atoms with Gasteiger partial charge >= 0.3 is 0 Å². The molecule has 140 valence electrons. The monoisotopic (exact) mass is 394 g/mol. The lowest BCUT2D eigenvalue weighted by Crippen LogP contribution is -2.43. The fourth-order valence-electron chi connectivity index (χ4n) is 3.06. The van der Waals surface area contributed by atoms with Gasteiger partial charge in [0.25, 0.3) is 0 Å². The Balaban J connectivity index is 1.71. The molecule has 2 aromatic rings. The number of sulfonamides is 1. The van der Waals surface area contributed by atoms with Crippen LogP contribution in [-0.2, 0) is 26.0 Å². The zero-order valence-electron chi connectivity index (χ0n) is 14.6. The summed E-state index contributed by atoms with van der Waals surface area (Å²) in [5, 5.41) is 4.78. The molecule has 6 nitrogen and oxygen atoms in total. The van der Waals surface area contributed by atoms with Crippen LogP contribution in [0.3, 0.4) is 0 Å². The quantitative estimate of drug-likeness (QED) is 0.817. The smallest absolute Gasteiger partial charge is 0.232 e. The third-order valence-corrected chi connectivity index (χ3v) is 6.30. The lowest BCUT2D eigenvalue weighted by atomic mass is 10.1. The maximum Gasteiger partial charge on any atom is 0.232 e. The number of ether oxygens (including phenoxy) is 1. The van der Waals surface area contributed by atoms with Crippen LogP contribution in [-0.4, -0.2) is 39.8 Å². The first kappa shape index (κ1) is 18.9. The lowest BCUT2D eigenvalue weighted by Gasteiger charge is -2.34. The summed E-state index contributed by atoms with van der Waals surface area (Å²) in [5.41, 5.74) is 1.26. The summed E-state index contributed by atoms with van der Waals surface area (Å²) >= 11 is 1.54. The molecule has 1 fully saturated rings. The summed E-state index contributed by atoms with van der Waals surface area (Å²) in [5.74, 6) is -0.0930. The van der Waals surface area contributed by atoms with Crippen molar-refractivity contribution in [3.8, 4) is 0 Å². The molecular formula is C18H22N2O4S2. The van der Waals surface area contributed by atoms with Crippen molar-refractivity contribution in [2.24, 2.45) is 0 Å². The molecule has 0 bridgehead atoms. The number of amides is 1. The van der Waals surface area contributed by atoms with Crippen molar-refractivity contribution in [2.75, 3.05) is 29.1 Å². The molecule has 3 rings (SSSR count). The van der Waals surface area contributed by atoms with Crippen molar-refractivity contribution in [1.82, 2.24) is 0 Å². The molecule has 1 saturated heterocycles. The van der Waals surface area contributed by atoms with Gasteiger partial charge in [0.2, 0.25) is 15.9 Å². The Bertz CT molecular complexity index is 827. The van der Waals surface area contributed by atoms with Gasteiger partial charge in [0, 0.05) is 29.8 Å². The molecule has 0 aliphatic carbocycles. The Morgan fingerprint density at radius 1 is 1.23 bits per heavy atom. The largest absolute Gasteiger partial charge is 0.381 e. The number of benzene rings is 1. The van der Waals surface area contributed by atoms with Crippen LogP contribution in [0.1, 0.15) is 17.7 Å². The van der Waals surface area contributed by atoms with Crippen LogP contribution in [0.15, 0.2) is 41.8 Å². The molecule has 0 saturated carbocycles. The highest BCUT2D eigenvalue weighted by molar-refractivity contribution is 7.92. The number of rotatable bonds is 6. The van der Waals surface area contributed by atoms with Gasteiger partial charge in [0.1, 0.15) is 0 Å². The Hall–Kier alpha value is -1.90. The molecule has 0 unspecified atom stereocenters. The SMILES string of the molecule is CS(=O)(=O)N(c1ccc(NC(=O)Cc2cccs2)cc1)C1CCOCC1. The first-order valence-corrected chi connectivity index (χ1v) is 11.2. The predicted octanol–water partition coefficient (Wildman–Crippen LogP) is 2.87. The highest BCUT2D eigenvalue weighted by Gasteiger charge is 2.28. The molecule has 1 aliphatic heterocycles. The Labute approximate surface area is 157 Å². The number of nitrogens with zero attached hydrogens (tertiary/aromatic N) is 1. The number of nitrogens with one attached hydrogen (secondary N) is 1. The van der Waals surface area contributed by atoms with E-state index >= 15 is 0 Å². The highest BCUT2D eigenvalue weighted by Crippen LogP contribution is 2.27. The maximum atomic E-state index is 12.3.